The Labute approximate surface area is 241 Å². The van der Waals surface area contributed by atoms with Crippen molar-refractivity contribution >= 4 is 34.6 Å². The molecule has 5 rings (SSSR count). The Kier molecular flexibility index (Phi) is 8.47. The van der Waals surface area contributed by atoms with E-state index in [0.29, 0.717) is 48.9 Å². The Hall–Kier alpha value is -4.46. The summed E-state index contributed by atoms with van der Waals surface area (Å²) in [4.78, 5) is 28.6. The fraction of sp³-hybridized carbons (Fsp3) is 0.333. The summed E-state index contributed by atoms with van der Waals surface area (Å²) in [5.74, 6) is -1.04. The van der Waals surface area contributed by atoms with E-state index in [1.165, 1.54) is 10.0 Å². The van der Waals surface area contributed by atoms with E-state index in [4.69, 9.17) is 19.7 Å². The second-order valence-corrected chi connectivity index (χ2v) is 9.91. The van der Waals surface area contributed by atoms with Crippen LogP contribution < -0.4 is 19.5 Å². The molecule has 0 saturated heterocycles. The lowest BCUT2D eigenvalue weighted by Gasteiger charge is -2.31. The molecule has 0 bridgehead atoms. The van der Waals surface area contributed by atoms with Gasteiger partial charge in [-0.2, -0.15) is 10.2 Å². The van der Waals surface area contributed by atoms with Crippen molar-refractivity contribution in [2.45, 2.75) is 46.5 Å². The van der Waals surface area contributed by atoms with E-state index >= 15 is 0 Å². The van der Waals surface area contributed by atoms with Gasteiger partial charge in [0, 0.05) is 12.0 Å². The molecule has 8 heteroatoms. The molecule has 8 nitrogen and oxygen atoms in total. The van der Waals surface area contributed by atoms with Crippen molar-refractivity contribution in [2.24, 2.45) is 22.0 Å². The Morgan fingerprint density at radius 1 is 0.683 bits per heavy atom. The predicted molar refractivity (Wildman–Crippen MR) is 162 cm³/mol. The van der Waals surface area contributed by atoms with Crippen molar-refractivity contribution in [2.75, 3.05) is 23.2 Å². The molecule has 2 aliphatic heterocycles. The van der Waals surface area contributed by atoms with Crippen LogP contribution in [-0.2, 0) is 9.59 Å². The molecule has 41 heavy (non-hydrogen) atoms. The van der Waals surface area contributed by atoms with Gasteiger partial charge in [0.15, 0.2) is 0 Å². The third-order valence-electron chi connectivity index (χ3n) is 7.52. The standard InChI is InChI=1S/C33H36N4O4/c1-5-26-30(32(38)36(34-26)22-15-11-9-12-16-22)29(25-20-19-24(40-7-3)21-28(25)41-8-4)31-27(6-2)35-37(33(31)39)23-17-13-10-14-18-23/h9-21,29-31H,5-8H2,1-4H3. The fourth-order valence-electron chi connectivity index (χ4n) is 5.72. The molecule has 0 radical (unpaired) electrons. The van der Waals surface area contributed by atoms with Crippen molar-refractivity contribution in [3.05, 3.63) is 84.4 Å². The summed E-state index contributed by atoms with van der Waals surface area (Å²) in [6.07, 6.45) is 1.11. The monoisotopic (exact) mass is 552 g/mol. The smallest absolute Gasteiger partial charge is 0.256 e. The van der Waals surface area contributed by atoms with E-state index in [1.807, 2.05) is 107 Å². The number of nitrogens with zero attached hydrogens (tertiary/aromatic N) is 4. The Bertz CT molecular complexity index is 1370. The molecule has 2 aliphatic rings. The zero-order chi connectivity index (χ0) is 28.9. The van der Waals surface area contributed by atoms with Crippen molar-refractivity contribution in [1.82, 2.24) is 0 Å². The van der Waals surface area contributed by atoms with Gasteiger partial charge in [-0.25, -0.2) is 10.0 Å². The number of carbonyl (C=O) groups is 2. The molecular formula is C33H36N4O4. The maximum atomic E-state index is 14.3. The van der Waals surface area contributed by atoms with Gasteiger partial charge < -0.3 is 9.47 Å². The van der Waals surface area contributed by atoms with Crippen molar-refractivity contribution < 1.29 is 19.1 Å². The van der Waals surface area contributed by atoms with Crippen LogP contribution >= 0.6 is 0 Å². The third kappa shape index (κ3) is 5.34. The molecule has 2 unspecified atom stereocenters. The number of hydrogen-bond acceptors (Lipinski definition) is 6. The molecule has 0 N–H and O–H groups in total. The number of anilines is 2. The topological polar surface area (TPSA) is 83.8 Å². The molecule has 0 spiro atoms. The molecule has 3 aromatic rings. The first-order chi connectivity index (χ1) is 20.0. The van der Waals surface area contributed by atoms with E-state index in [2.05, 4.69) is 0 Å². The van der Waals surface area contributed by atoms with Crippen molar-refractivity contribution in [1.29, 1.82) is 0 Å². The molecule has 0 fully saturated rings. The van der Waals surface area contributed by atoms with E-state index in [0.717, 1.165) is 17.0 Å². The highest BCUT2D eigenvalue weighted by atomic mass is 16.5. The second-order valence-electron chi connectivity index (χ2n) is 9.91. The Balaban J connectivity index is 1.67. The lowest BCUT2D eigenvalue weighted by atomic mass is 9.71. The van der Waals surface area contributed by atoms with Gasteiger partial charge in [0.05, 0.1) is 47.8 Å². The molecule has 0 saturated carbocycles. The summed E-state index contributed by atoms with van der Waals surface area (Å²) < 4.78 is 11.9. The van der Waals surface area contributed by atoms with Gasteiger partial charge in [-0.1, -0.05) is 56.3 Å². The average Bonchev–Trinajstić information content (AvgIpc) is 3.52. The molecule has 3 aromatic carbocycles. The zero-order valence-corrected chi connectivity index (χ0v) is 24.0. The van der Waals surface area contributed by atoms with Gasteiger partial charge in [-0.3, -0.25) is 9.59 Å². The van der Waals surface area contributed by atoms with Crippen molar-refractivity contribution in [3.8, 4) is 11.5 Å². The van der Waals surface area contributed by atoms with Crippen LogP contribution in [0.15, 0.2) is 89.1 Å². The largest absolute Gasteiger partial charge is 0.494 e. The van der Waals surface area contributed by atoms with Crippen LogP contribution in [0.1, 0.15) is 52.0 Å². The summed E-state index contributed by atoms with van der Waals surface area (Å²) in [5.41, 5.74) is 3.59. The first kappa shape index (κ1) is 28.1. The summed E-state index contributed by atoms with van der Waals surface area (Å²) in [5, 5.41) is 12.6. The van der Waals surface area contributed by atoms with Crippen molar-refractivity contribution in [3.63, 3.8) is 0 Å². The van der Waals surface area contributed by atoms with Crippen LogP contribution in [0.2, 0.25) is 0 Å². The zero-order valence-electron chi connectivity index (χ0n) is 24.0. The van der Waals surface area contributed by atoms with Gasteiger partial charge in [0.2, 0.25) is 0 Å². The maximum Gasteiger partial charge on any atom is 0.256 e. The fourth-order valence-corrected chi connectivity index (χ4v) is 5.72. The summed E-state index contributed by atoms with van der Waals surface area (Å²) in [6.45, 7) is 8.76. The molecular weight excluding hydrogens is 516 g/mol. The number of hydrazone groups is 2. The number of hydrogen-bond donors (Lipinski definition) is 0. The van der Waals surface area contributed by atoms with E-state index in [-0.39, 0.29) is 11.8 Å². The minimum atomic E-state index is -0.682. The lowest BCUT2D eigenvalue weighted by molar-refractivity contribution is -0.122. The molecule has 212 valence electrons. The van der Waals surface area contributed by atoms with Gasteiger partial charge in [-0.05, 0) is 62.6 Å². The normalized spacial score (nSPS) is 19.3. The van der Waals surface area contributed by atoms with Gasteiger partial charge in [-0.15, -0.1) is 0 Å². The van der Waals surface area contributed by atoms with Crippen LogP contribution in [0.4, 0.5) is 11.4 Å². The van der Waals surface area contributed by atoms with Gasteiger partial charge in [0.25, 0.3) is 11.8 Å². The van der Waals surface area contributed by atoms with E-state index in [1.54, 1.807) is 0 Å². The van der Waals surface area contributed by atoms with Gasteiger partial charge in [0.1, 0.15) is 11.5 Å². The number of carbonyl (C=O) groups excluding carboxylic acids is 2. The Morgan fingerprint density at radius 3 is 1.61 bits per heavy atom. The third-order valence-corrected chi connectivity index (χ3v) is 7.52. The number of amides is 2. The number of rotatable bonds is 11. The maximum absolute atomic E-state index is 14.3. The summed E-state index contributed by atoms with van der Waals surface area (Å²) in [6, 6.07) is 24.5. The first-order valence-corrected chi connectivity index (χ1v) is 14.3. The van der Waals surface area contributed by atoms with Crippen LogP contribution in [0.3, 0.4) is 0 Å². The lowest BCUT2D eigenvalue weighted by Crippen LogP contribution is -2.41. The highest BCUT2D eigenvalue weighted by Crippen LogP contribution is 2.47. The highest BCUT2D eigenvalue weighted by Gasteiger charge is 2.51. The molecule has 2 amide bonds. The average molecular weight is 553 g/mol. The van der Waals surface area contributed by atoms with Crippen LogP contribution in [0.5, 0.6) is 11.5 Å². The SMILES string of the molecule is CCOc1ccc(C(C2C(=O)N(c3ccccc3)N=C2CC)C2C(=O)N(c3ccccc3)N=C2CC)c(OCC)c1. The Morgan fingerprint density at radius 2 is 1.17 bits per heavy atom. The van der Waals surface area contributed by atoms with Gasteiger partial charge >= 0.3 is 0 Å². The predicted octanol–water partition coefficient (Wildman–Crippen LogP) is 6.43. The number of para-hydroxylation sites is 2. The van der Waals surface area contributed by atoms with Crippen LogP contribution in [-0.4, -0.2) is 36.5 Å². The highest BCUT2D eigenvalue weighted by molar-refractivity contribution is 6.20. The van der Waals surface area contributed by atoms with Crippen LogP contribution in [0.25, 0.3) is 0 Å². The molecule has 2 heterocycles. The minimum Gasteiger partial charge on any atom is -0.494 e. The van der Waals surface area contributed by atoms with E-state index in [9.17, 15) is 9.59 Å². The van der Waals surface area contributed by atoms with E-state index < -0.39 is 17.8 Å². The molecule has 0 aromatic heterocycles. The minimum absolute atomic E-state index is 0.171. The van der Waals surface area contributed by atoms with Crippen LogP contribution in [0, 0.1) is 11.8 Å². The quantitative estimate of drug-likeness (QED) is 0.275. The summed E-state index contributed by atoms with van der Waals surface area (Å²) in [7, 11) is 0. The first-order valence-electron chi connectivity index (χ1n) is 14.3. The number of ether oxygens (including phenoxy) is 2. The molecule has 2 atom stereocenters. The molecule has 0 aliphatic carbocycles. The second kappa shape index (κ2) is 12.4. The number of benzene rings is 3. The summed E-state index contributed by atoms with van der Waals surface area (Å²) >= 11 is 0.